The molecule has 0 aliphatic carbocycles. The standard InChI is InChI=1S/C11H16N6O/c1-7-11(18)16-8-9(15-7)13-6-14-10(8)17-4-2-12-3-5-17/h6-7,12H,2-5H2,1H3,(H,16,18)(H,13,14,15). The molecule has 0 saturated carbocycles. The lowest BCUT2D eigenvalue weighted by molar-refractivity contribution is -0.116. The molecule has 0 spiro atoms. The van der Waals surface area contributed by atoms with Crippen molar-refractivity contribution in [3.8, 4) is 0 Å². The lowest BCUT2D eigenvalue weighted by Gasteiger charge is -2.32. The number of rotatable bonds is 1. The summed E-state index contributed by atoms with van der Waals surface area (Å²) in [5.41, 5.74) is 0.697. The molecule has 1 aromatic heterocycles. The number of anilines is 3. The van der Waals surface area contributed by atoms with Crippen molar-refractivity contribution in [1.82, 2.24) is 15.3 Å². The molecule has 0 radical (unpaired) electrons. The Morgan fingerprint density at radius 3 is 2.89 bits per heavy atom. The van der Waals surface area contributed by atoms with Gasteiger partial charge >= 0.3 is 0 Å². The minimum atomic E-state index is -0.261. The van der Waals surface area contributed by atoms with Gasteiger partial charge in [-0.3, -0.25) is 4.79 Å². The fourth-order valence-electron chi connectivity index (χ4n) is 2.22. The van der Waals surface area contributed by atoms with Gasteiger partial charge in [-0.05, 0) is 6.92 Å². The SMILES string of the molecule is CC1Nc2ncnc(N3CCNCC3)c2NC1=O. The predicted molar refractivity (Wildman–Crippen MR) is 68.8 cm³/mol. The van der Waals surface area contributed by atoms with E-state index in [1.165, 1.54) is 6.33 Å². The van der Waals surface area contributed by atoms with E-state index in [0.717, 1.165) is 32.0 Å². The monoisotopic (exact) mass is 248 g/mol. The molecular formula is C11H16N6O. The molecule has 1 amide bonds. The van der Waals surface area contributed by atoms with Crippen LogP contribution in [-0.4, -0.2) is 48.1 Å². The van der Waals surface area contributed by atoms with Gasteiger partial charge in [-0.1, -0.05) is 0 Å². The van der Waals surface area contributed by atoms with Gasteiger partial charge in [0.15, 0.2) is 11.6 Å². The van der Waals surface area contributed by atoms with E-state index in [2.05, 4.69) is 30.8 Å². The number of nitrogens with zero attached hydrogens (tertiary/aromatic N) is 3. The zero-order valence-electron chi connectivity index (χ0n) is 10.2. The number of piperazine rings is 1. The van der Waals surface area contributed by atoms with Gasteiger partial charge in [0.25, 0.3) is 0 Å². The number of hydrogen-bond acceptors (Lipinski definition) is 6. The largest absolute Gasteiger partial charge is 0.357 e. The Balaban J connectivity index is 1.96. The molecule has 3 N–H and O–H groups in total. The second kappa shape index (κ2) is 4.41. The van der Waals surface area contributed by atoms with E-state index in [0.29, 0.717) is 11.5 Å². The van der Waals surface area contributed by atoms with Gasteiger partial charge in [0.05, 0.1) is 0 Å². The van der Waals surface area contributed by atoms with Crippen molar-refractivity contribution in [2.75, 3.05) is 41.7 Å². The summed E-state index contributed by atoms with van der Waals surface area (Å²) in [7, 11) is 0. The van der Waals surface area contributed by atoms with E-state index in [4.69, 9.17) is 0 Å². The molecule has 2 aliphatic heterocycles. The van der Waals surface area contributed by atoms with Crippen LogP contribution in [0.4, 0.5) is 17.3 Å². The summed E-state index contributed by atoms with van der Waals surface area (Å²) in [5.74, 6) is 1.45. The minimum Gasteiger partial charge on any atom is -0.357 e. The highest BCUT2D eigenvalue weighted by Crippen LogP contribution is 2.32. The van der Waals surface area contributed by atoms with Crippen LogP contribution in [-0.2, 0) is 4.79 Å². The minimum absolute atomic E-state index is 0.0475. The molecule has 7 nitrogen and oxygen atoms in total. The summed E-state index contributed by atoms with van der Waals surface area (Å²) < 4.78 is 0. The molecular weight excluding hydrogens is 232 g/mol. The van der Waals surface area contributed by atoms with Crippen LogP contribution < -0.4 is 20.9 Å². The molecule has 1 aromatic rings. The first-order valence-corrected chi connectivity index (χ1v) is 6.14. The Labute approximate surface area is 105 Å². The van der Waals surface area contributed by atoms with Gasteiger partial charge in [-0.15, -0.1) is 0 Å². The van der Waals surface area contributed by atoms with Crippen LogP contribution in [0.5, 0.6) is 0 Å². The van der Waals surface area contributed by atoms with E-state index in [-0.39, 0.29) is 11.9 Å². The zero-order valence-corrected chi connectivity index (χ0v) is 10.2. The molecule has 3 rings (SSSR count). The summed E-state index contributed by atoms with van der Waals surface area (Å²) in [6.07, 6.45) is 1.54. The maximum absolute atomic E-state index is 11.7. The van der Waals surface area contributed by atoms with Gasteiger partial charge in [-0.25, -0.2) is 9.97 Å². The summed E-state index contributed by atoms with van der Waals surface area (Å²) in [6, 6.07) is -0.261. The molecule has 7 heteroatoms. The third-order valence-corrected chi connectivity index (χ3v) is 3.24. The lowest BCUT2D eigenvalue weighted by Crippen LogP contribution is -2.45. The first-order chi connectivity index (χ1) is 8.75. The number of carbonyl (C=O) groups excluding carboxylic acids is 1. The van der Waals surface area contributed by atoms with Gasteiger partial charge in [0.2, 0.25) is 5.91 Å². The smallest absolute Gasteiger partial charge is 0.246 e. The maximum atomic E-state index is 11.7. The number of carbonyl (C=O) groups is 1. The van der Waals surface area contributed by atoms with Crippen molar-refractivity contribution in [2.45, 2.75) is 13.0 Å². The molecule has 1 saturated heterocycles. The fourth-order valence-corrected chi connectivity index (χ4v) is 2.22. The maximum Gasteiger partial charge on any atom is 0.246 e. The van der Waals surface area contributed by atoms with Gasteiger partial charge < -0.3 is 20.9 Å². The molecule has 1 unspecified atom stereocenters. The predicted octanol–water partition coefficient (Wildman–Crippen LogP) is -0.361. The quantitative estimate of drug-likeness (QED) is 0.629. The molecule has 96 valence electrons. The Bertz CT molecular complexity index is 471. The fraction of sp³-hybridized carbons (Fsp3) is 0.545. The summed E-state index contributed by atoms with van der Waals surface area (Å²) in [5, 5.41) is 9.26. The number of aromatic nitrogens is 2. The van der Waals surface area contributed by atoms with Crippen molar-refractivity contribution in [3.63, 3.8) is 0 Å². The number of nitrogens with one attached hydrogen (secondary N) is 3. The summed E-state index contributed by atoms with van der Waals surface area (Å²) in [4.78, 5) is 22.4. The molecule has 3 heterocycles. The van der Waals surface area contributed by atoms with Crippen molar-refractivity contribution < 1.29 is 4.79 Å². The molecule has 1 atom stereocenters. The van der Waals surface area contributed by atoms with Crippen LogP contribution >= 0.6 is 0 Å². The highest BCUT2D eigenvalue weighted by molar-refractivity contribution is 6.04. The second-order valence-corrected chi connectivity index (χ2v) is 4.51. The first kappa shape index (κ1) is 11.2. The third-order valence-electron chi connectivity index (χ3n) is 3.24. The summed E-state index contributed by atoms with van der Waals surface area (Å²) >= 11 is 0. The molecule has 0 bridgehead atoms. The normalized spacial score (nSPS) is 23.1. The van der Waals surface area contributed by atoms with Crippen molar-refractivity contribution >= 4 is 23.2 Å². The van der Waals surface area contributed by atoms with Crippen LogP contribution in [0.25, 0.3) is 0 Å². The van der Waals surface area contributed by atoms with Crippen molar-refractivity contribution in [3.05, 3.63) is 6.33 Å². The second-order valence-electron chi connectivity index (χ2n) is 4.51. The van der Waals surface area contributed by atoms with Crippen molar-refractivity contribution in [2.24, 2.45) is 0 Å². The number of fused-ring (bicyclic) bond motifs is 1. The van der Waals surface area contributed by atoms with Crippen LogP contribution in [0.15, 0.2) is 6.33 Å². The van der Waals surface area contributed by atoms with Crippen LogP contribution in [0, 0.1) is 0 Å². The highest BCUT2D eigenvalue weighted by Gasteiger charge is 2.27. The van der Waals surface area contributed by atoms with E-state index >= 15 is 0 Å². The Morgan fingerprint density at radius 1 is 1.33 bits per heavy atom. The van der Waals surface area contributed by atoms with E-state index in [9.17, 15) is 4.79 Å². The average Bonchev–Trinajstić information content (AvgIpc) is 2.40. The van der Waals surface area contributed by atoms with Crippen LogP contribution in [0.2, 0.25) is 0 Å². The average molecular weight is 248 g/mol. The number of hydrogen-bond donors (Lipinski definition) is 3. The molecule has 2 aliphatic rings. The van der Waals surface area contributed by atoms with E-state index in [1.807, 2.05) is 6.92 Å². The van der Waals surface area contributed by atoms with Gasteiger partial charge in [-0.2, -0.15) is 0 Å². The van der Waals surface area contributed by atoms with Crippen LogP contribution in [0.1, 0.15) is 6.92 Å². The third kappa shape index (κ3) is 1.86. The number of amides is 1. The Morgan fingerprint density at radius 2 is 2.11 bits per heavy atom. The lowest BCUT2D eigenvalue weighted by atomic mass is 10.2. The Hall–Kier alpha value is -1.89. The molecule has 0 aromatic carbocycles. The van der Waals surface area contributed by atoms with Crippen LogP contribution in [0.3, 0.4) is 0 Å². The van der Waals surface area contributed by atoms with Gasteiger partial charge in [0.1, 0.15) is 18.1 Å². The zero-order chi connectivity index (χ0) is 12.5. The van der Waals surface area contributed by atoms with E-state index in [1.54, 1.807) is 0 Å². The topological polar surface area (TPSA) is 82.2 Å². The van der Waals surface area contributed by atoms with E-state index < -0.39 is 0 Å². The van der Waals surface area contributed by atoms with Gasteiger partial charge in [0, 0.05) is 26.2 Å². The summed E-state index contributed by atoms with van der Waals surface area (Å²) in [6.45, 7) is 5.43. The first-order valence-electron chi connectivity index (χ1n) is 6.14. The van der Waals surface area contributed by atoms with Crippen molar-refractivity contribution in [1.29, 1.82) is 0 Å². The highest BCUT2D eigenvalue weighted by atomic mass is 16.2. The molecule has 1 fully saturated rings. The Kier molecular flexibility index (Phi) is 2.75. The molecule has 18 heavy (non-hydrogen) atoms.